The van der Waals surface area contributed by atoms with Crippen molar-refractivity contribution < 1.29 is 4.79 Å². The van der Waals surface area contributed by atoms with E-state index in [1.54, 1.807) is 0 Å². The molecule has 0 aliphatic heterocycles. The van der Waals surface area contributed by atoms with E-state index in [1.165, 1.54) is 6.92 Å². The van der Waals surface area contributed by atoms with E-state index in [2.05, 4.69) is 22.4 Å². The van der Waals surface area contributed by atoms with Crippen molar-refractivity contribution in [3.05, 3.63) is 60.3 Å². The van der Waals surface area contributed by atoms with E-state index in [4.69, 9.17) is 0 Å². The van der Waals surface area contributed by atoms with E-state index in [9.17, 15) is 4.79 Å². The van der Waals surface area contributed by atoms with Crippen molar-refractivity contribution in [1.29, 1.82) is 0 Å². The lowest BCUT2D eigenvalue weighted by Crippen LogP contribution is -2.05. The van der Waals surface area contributed by atoms with Crippen LogP contribution in [0.1, 0.15) is 12.6 Å². The number of benzene rings is 2. The van der Waals surface area contributed by atoms with E-state index in [0.29, 0.717) is 0 Å². The molecule has 2 aromatic carbocycles. The van der Waals surface area contributed by atoms with Crippen LogP contribution in [0.25, 0.3) is 22.0 Å². The number of rotatable bonds is 2. The van der Waals surface area contributed by atoms with Gasteiger partial charge in [0.1, 0.15) is 0 Å². The van der Waals surface area contributed by atoms with Crippen molar-refractivity contribution in [1.82, 2.24) is 4.98 Å². The zero-order chi connectivity index (χ0) is 14.8. The fraction of sp³-hybridized carbons (Fsp3) is 0.111. The molecule has 1 aromatic heterocycles. The first kappa shape index (κ1) is 13.3. The molecule has 1 N–H and O–H groups in total. The van der Waals surface area contributed by atoms with Crippen molar-refractivity contribution in [2.24, 2.45) is 0 Å². The van der Waals surface area contributed by atoms with Crippen LogP contribution < -0.4 is 5.32 Å². The molecule has 0 unspecified atom stereocenters. The molecule has 0 aliphatic rings. The Hall–Kier alpha value is -2.68. The number of aryl methyl sites for hydroxylation is 1. The second-order valence-corrected chi connectivity index (χ2v) is 5.09. The molecular formula is C18H16N2O. The fourth-order valence-corrected chi connectivity index (χ4v) is 2.48. The molecule has 0 atom stereocenters. The van der Waals surface area contributed by atoms with E-state index < -0.39 is 0 Å². The summed E-state index contributed by atoms with van der Waals surface area (Å²) in [5.74, 6) is -0.0673. The maximum atomic E-state index is 11.2. The van der Waals surface area contributed by atoms with Crippen LogP contribution in [0.3, 0.4) is 0 Å². The van der Waals surface area contributed by atoms with Crippen LogP contribution >= 0.6 is 0 Å². The quantitative estimate of drug-likeness (QED) is 0.763. The van der Waals surface area contributed by atoms with Crippen LogP contribution in [0.2, 0.25) is 0 Å². The number of amides is 1. The monoisotopic (exact) mass is 276 g/mol. The zero-order valence-corrected chi connectivity index (χ0v) is 12.1. The highest BCUT2D eigenvalue weighted by Gasteiger charge is 2.06. The summed E-state index contributed by atoms with van der Waals surface area (Å²) in [7, 11) is 0. The average molecular weight is 276 g/mol. The molecule has 3 heteroatoms. The number of nitrogens with one attached hydrogen (secondary N) is 1. The van der Waals surface area contributed by atoms with Crippen molar-refractivity contribution >= 4 is 22.5 Å². The van der Waals surface area contributed by atoms with Gasteiger partial charge in [-0.15, -0.1) is 0 Å². The highest BCUT2D eigenvalue weighted by atomic mass is 16.1. The predicted octanol–water partition coefficient (Wildman–Crippen LogP) is 4.17. The van der Waals surface area contributed by atoms with Crippen LogP contribution in [-0.2, 0) is 4.79 Å². The lowest BCUT2D eigenvalue weighted by atomic mass is 10.00. The molecular weight excluding hydrogens is 260 g/mol. The van der Waals surface area contributed by atoms with Gasteiger partial charge in [-0.3, -0.25) is 9.78 Å². The van der Waals surface area contributed by atoms with Gasteiger partial charge in [0, 0.05) is 23.7 Å². The minimum atomic E-state index is -0.0673. The Balaban J connectivity index is 2.14. The summed E-state index contributed by atoms with van der Waals surface area (Å²) < 4.78 is 0. The van der Waals surface area contributed by atoms with Gasteiger partial charge in [0.2, 0.25) is 5.91 Å². The van der Waals surface area contributed by atoms with E-state index in [1.807, 2.05) is 49.4 Å². The van der Waals surface area contributed by atoms with E-state index >= 15 is 0 Å². The van der Waals surface area contributed by atoms with Gasteiger partial charge in [-0.25, -0.2) is 0 Å². The molecule has 3 rings (SSSR count). The molecule has 3 aromatic rings. The Morgan fingerprint density at radius 1 is 1.05 bits per heavy atom. The van der Waals surface area contributed by atoms with Gasteiger partial charge in [-0.1, -0.05) is 30.3 Å². The first-order valence-electron chi connectivity index (χ1n) is 6.88. The average Bonchev–Trinajstić information content (AvgIpc) is 2.46. The number of nitrogens with zero attached hydrogens (tertiary/aromatic N) is 1. The van der Waals surface area contributed by atoms with Crippen molar-refractivity contribution in [3.63, 3.8) is 0 Å². The van der Waals surface area contributed by atoms with Gasteiger partial charge < -0.3 is 5.32 Å². The van der Waals surface area contributed by atoms with Gasteiger partial charge >= 0.3 is 0 Å². The third-order valence-corrected chi connectivity index (χ3v) is 3.37. The molecule has 0 spiro atoms. The van der Waals surface area contributed by atoms with Crippen LogP contribution in [0.15, 0.2) is 54.6 Å². The van der Waals surface area contributed by atoms with Gasteiger partial charge in [-0.2, -0.15) is 0 Å². The smallest absolute Gasteiger partial charge is 0.221 e. The number of fused-ring (bicyclic) bond motifs is 1. The molecule has 0 bridgehead atoms. The first-order valence-corrected chi connectivity index (χ1v) is 6.88. The molecule has 0 fully saturated rings. The number of carbonyl (C=O) groups is 1. The molecule has 3 nitrogen and oxygen atoms in total. The summed E-state index contributed by atoms with van der Waals surface area (Å²) in [5, 5.41) is 3.93. The minimum absolute atomic E-state index is 0.0673. The Morgan fingerprint density at radius 2 is 1.86 bits per heavy atom. The van der Waals surface area contributed by atoms with Crippen LogP contribution in [0.4, 0.5) is 5.69 Å². The zero-order valence-electron chi connectivity index (χ0n) is 12.1. The third-order valence-electron chi connectivity index (χ3n) is 3.37. The largest absolute Gasteiger partial charge is 0.326 e. The Kier molecular flexibility index (Phi) is 3.40. The minimum Gasteiger partial charge on any atom is -0.326 e. The number of pyridine rings is 1. The van der Waals surface area contributed by atoms with Gasteiger partial charge in [0.05, 0.1) is 5.52 Å². The Bertz CT molecular complexity index is 824. The molecule has 0 aliphatic carbocycles. The molecule has 1 heterocycles. The molecule has 0 saturated carbocycles. The first-order chi connectivity index (χ1) is 10.1. The number of hydrogen-bond acceptors (Lipinski definition) is 2. The lowest BCUT2D eigenvalue weighted by molar-refractivity contribution is -0.114. The van der Waals surface area contributed by atoms with Crippen LogP contribution in [-0.4, -0.2) is 10.9 Å². The third kappa shape index (κ3) is 2.77. The van der Waals surface area contributed by atoms with Crippen LogP contribution in [0, 0.1) is 6.92 Å². The number of hydrogen-bond donors (Lipinski definition) is 1. The van der Waals surface area contributed by atoms with Crippen molar-refractivity contribution in [3.8, 4) is 11.1 Å². The summed E-state index contributed by atoms with van der Waals surface area (Å²) in [6.45, 7) is 3.50. The SMILES string of the molecule is CC(=O)Nc1cccc(-c2cccc3nc(C)ccc23)c1. The lowest BCUT2D eigenvalue weighted by Gasteiger charge is -2.09. The van der Waals surface area contributed by atoms with E-state index in [0.717, 1.165) is 33.4 Å². The molecule has 0 saturated heterocycles. The van der Waals surface area contributed by atoms with Crippen molar-refractivity contribution in [2.75, 3.05) is 5.32 Å². The van der Waals surface area contributed by atoms with Gasteiger partial charge in [0.15, 0.2) is 0 Å². The summed E-state index contributed by atoms with van der Waals surface area (Å²) in [4.78, 5) is 15.8. The highest BCUT2D eigenvalue weighted by molar-refractivity contribution is 5.96. The van der Waals surface area contributed by atoms with E-state index in [-0.39, 0.29) is 5.91 Å². The maximum absolute atomic E-state index is 11.2. The Labute approximate surface area is 123 Å². The number of carbonyl (C=O) groups excluding carboxylic acids is 1. The summed E-state index contributed by atoms with van der Waals surface area (Å²) in [5.41, 5.74) is 4.98. The van der Waals surface area contributed by atoms with Gasteiger partial charge in [-0.05, 0) is 42.3 Å². The predicted molar refractivity (Wildman–Crippen MR) is 86.2 cm³/mol. The number of aromatic nitrogens is 1. The summed E-state index contributed by atoms with van der Waals surface area (Å²) in [6, 6.07) is 18.1. The topological polar surface area (TPSA) is 42.0 Å². The van der Waals surface area contributed by atoms with Crippen molar-refractivity contribution in [2.45, 2.75) is 13.8 Å². The number of anilines is 1. The maximum Gasteiger partial charge on any atom is 0.221 e. The van der Waals surface area contributed by atoms with Crippen LogP contribution in [0.5, 0.6) is 0 Å². The molecule has 104 valence electrons. The Morgan fingerprint density at radius 3 is 2.67 bits per heavy atom. The normalized spacial score (nSPS) is 10.6. The standard InChI is InChI=1S/C18H16N2O/c1-12-9-10-17-16(7-4-8-18(17)19-12)14-5-3-6-15(11-14)20-13(2)21/h3-11H,1-2H3,(H,20,21). The fourth-order valence-electron chi connectivity index (χ4n) is 2.48. The van der Waals surface area contributed by atoms with Gasteiger partial charge in [0.25, 0.3) is 0 Å². The molecule has 0 radical (unpaired) electrons. The molecule has 1 amide bonds. The highest BCUT2D eigenvalue weighted by Crippen LogP contribution is 2.29. The molecule has 21 heavy (non-hydrogen) atoms. The second-order valence-electron chi connectivity index (χ2n) is 5.09. The summed E-state index contributed by atoms with van der Waals surface area (Å²) in [6.07, 6.45) is 0. The summed E-state index contributed by atoms with van der Waals surface area (Å²) >= 11 is 0. The second kappa shape index (κ2) is 5.37.